The highest BCUT2D eigenvalue weighted by atomic mass is 16.6. The van der Waals surface area contributed by atoms with Crippen LogP contribution in [-0.4, -0.2) is 44.9 Å². The highest BCUT2D eigenvalue weighted by Gasteiger charge is 2.15. The monoisotopic (exact) mass is 336 g/mol. The minimum atomic E-state index is -0.496. The van der Waals surface area contributed by atoms with E-state index in [2.05, 4.69) is 20.9 Å². The summed E-state index contributed by atoms with van der Waals surface area (Å²) < 4.78 is 10.5. The Labute approximate surface area is 143 Å². The molecule has 0 spiro atoms. The van der Waals surface area contributed by atoms with Gasteiger partial charge >= 0.3 is 6.09 Å². The Hall–Kier alpha value is -2.44. The Morgan fingerprint density at radius 3 is 2.42 bits per heavy atom. The van der Waals surface area contributed by atoms with Crippen LogP contribution in [0.2, 0.25) is 0 Å². The molecule has 7 nitrogen and oxygen atoms in total. The fourth-order valence-corrected chi connectivity index (χ4v) is 1.91. The molecule has 0 heterocycles. The number of para-hydroxylation sites is 1. The smallest absolute Gasteiger partial charge is 0.407 e. The van der Waals surface area contributed by atoms with Gasteiger partial charge < -0.3 is 25.4 Å². The van der Waals surface area contributed by atoms with Crippen LogP contribution in [0.1, 0.15) is 26.3 Å². The van der Waals surface area contributed by atoms with Crippen LogP contribution in [0.3, 0.4) is 0 Å². The van der Waals surface area contributed by atoms with Crippen LogP contribution in [0, 0.1) is 0 Å². The zero-order chi connectivity index (χ0) is 18.0. The third-order valence-electron chi connectivity index (χ3n) is 2.95. The number of nitrogens with zero attached hydrogens (tertiary/aromatic N) is 1. The highest BCUT2D eigenvalue weighted by molar-refractivity contribution is 5.79. The molecule has 0 unspecified atom stereocenters. The van der Waals surface area contributed by atoms with Crippen LogP contribution in [0.5, 0.6) is 5.75 Å². The molecule has 1 aromatic carbocycles. The molecule has 24 heavy (non-hydrogen) atoms. The maximum absolute atomic E-state index is 11.5. The number of guanidine groups is 1. The van der Waals surface area contributed by atoms with Crippen LogP contribution < -0.4 is 20.7 Å². The molecule has 0 aliphatic heterocycles. The second-order valence-electron chi connectivity index (χ2n) is 6.09. The Balaban J connectivity index is 2.32. The predicted molar refractivity (Wildman–Crippen MR) is 95.4 cm³/mol. The van der Waals surface area contributed by atoms with E-state index < -0.39 is 11.7 Å². The largest absolute Gasteiger partial charge is 0.496 e. The molecule has 1 aromatic rings. The maximum atomic E-state index is 11.5. The van der Waals surface area contributed by atoms with Gasteiger partial charge in [0.2, 0.25) is 0 Å². The highest BCUT2D eigenvalue weighted by Crippen LogP contribution is 2.16. The molecule has 0 aliphatic rings. The number of ether oxygens (including phenoxy) is 2. The lowest BCUT2D eigenvalue weighted by Crippen LogP contribution is -2.42. The molecule has 7 heteroatoms. The van der Waals surface area contributed by atoms with E-state index in [1.807, 2.05) is 45.0 Å². The van der Waals surface area contributed by atoms with Gasteiger partial charge in [-0.05, 0) is 26.8 Å². The molecule has 0 saturated heterocycles. The van der Waals surface area contributed by atoms with Crippen molar-refractivity contribution in [1.82, 2.24) is 16.0 Å². The van der Waals surface area contributed by atoms with Gasteiger partial charge in [-0.2, -0.15) is 0 Å². The average molecular weight is 336 g/mol. The summed E-state index contributed by atoms with van der Waals surface area (Å²) in [6.45, 7) is 7.04. The standard InChI is InChI=1S/C17H28N4O3/c1-17(2,3)24-16(22)20-11-10-19-15(18-4)21-12-13-8-6-7-9-14(13)23-5/h6-9H,10-12H2,1-5H3,(H,20,22)(H2,18,19,21). The van der Waals surface area contributed by atoms with Crippen molar-refractivity contribution in [1.29, 1.82) is 0 Å². The molecule has 134 valence electrons. The zero-order valence-electron chi connectivity index (χ0n) is 15.1. The molecule has 0 atom stereocenters. The Kier molecular flexibility index (Phi) is 7.88. The summed E-state index contributed by atoms with van der Waals surface area (Å²) in [6.07, 6.45) is -0.429. The lowest BCUT2D eigenvalue weighted by molar-refractivity contribution is 0.0529. The van der Waals surface area contributed by atoms with Gasteiger partial charge in [-0.15, -0.1) is 0 Å². The summed E-state index contributed by atoms with van der Waals surface area (Å²) in [5.74, 6) is 1.47. The first-order valence-electron chi connectivity index (χ1n) is 7.89. The number of methoxy groups -OCH3 is 1. The van der Waals surface area contributed by atoms with Crippen molar-refractivity contribution in [3.05, 3.63) is 29.8 Å². The van der Waals surface area contributed by atoms with Gasteiger partial charge in [0.05, 0.1) is 7.11 Å². The number of rotatable bonds is 6. The molecule has 3 N–H and O–H groups in total. The van der Waals surface area contributed by atoms with Gasteiger partial charge in [0.15, 0.2) is 5.96 Å². The third-order valence-corrected chi connectivity index (χ3v) is 2.95. The fourth-order valence-electron chi connectivity index (χ4n) is 1.91. The molecule has 1 amide bonds. The Bertz CT molecular complexity index is 553. The van der Waals surface area contributed by atoms with E-state index in [9.17, 15) is 4.79 Å². The fraction of sp³-hybridized carbons (Fsp3) is 0.529. The van der Waals surface area contributed by atoms with Gasteiger partial charge in [-0.3, -0.25) is 4.99 Å². The van der Waals surface area contributed by atoms with Crippen molar-refractivity contribution >= 4 is 12.1 Å². The van der Waals surface area contributed by atoms with Gasteiger partial charge in [0.1, 0.15) is 11.4 Å². The summed E-state index contributed by atoms with van der Waals surface area (Å²) in [6, 6.07) is 7.79. The summed E-state index contributed by atoms with van der Waals surface area (Å²) >= 11 is 0. The van der Waals surface area contributed by atoms with E-state index in [-0.39, 0.29) is 0 Å². The van der Waals surface area contributed by atoms with Gasteiger partial charge in [-0.1, -0.05) is 18.2 Å². The number of amides is 1. The Morgan fingerprint density at radius 1 is 1.12 bits per heavy atom. The van der Waals surface area contributed by atoms with Crippen molar-refractivity contribution in [3.63, 3.8) is 0 Å². The quantitative estimate of drug-likeness (QED) is 0.420. The number of nitrogens with one attached hydrogen (secondary N) is 3. The molecule has 0 radical (unpaired) electrons. The van der Waals surface area contributed by atoms with Crippen molar-refractivity contribution in [2.75, 3.05) is 27.2 Å². The van der Waals surface area contributed by atoms with Crippen LogP contribution in [0.25, 0.3) is 0 Å². The normalized spacial score (nSPS) is 11.6. The molecular weight excluding hydrogens is 308 g/mol. The van der Waals surface area contributed by atoms with E-state index in [0.29, 0.717) is 25.6 Å². The minimum Gasteiger partial charge on any atom is -0.496 e. The minimum absolute atomic E-state index is 0.429. The topological polar surface area (TPSA) is 84.0 Å². The number of hydrogen-bond donors (Lipinski definition) is 3. The van der Waals surface area contributed by atoms with Crippen molar-refractivity contribution in [3.8, 4) is 5.75 Å². The van der Waals surface area contributed by atoms with E-state index in [1.165, 1.54) is 0 Å². The summed E-state index contributed by atoms with van der Waals surface area (Å²) in [4.78, 5) is 15.7. The van der Waals surface area contributed by atoms with E-state index in [4.69, 9.17) is 9.47 Å². The van der Waals surface area contributed by atoms with E-state index >= 15 is 0 Å². The predicted octanol–water partition coefficient (Wildman–Crippen LogP) is 1.88. The number of aliphatic imine (C=N–C) groups is 1. The lowest BCUT2D eigenvalue weighted by atomic mass is 10.2. The number of alkyl carbamates (subject to hydrolysis) is 1. The van der Waals surface area contributed by atoms with E-state index in [0.717, 1.165) is 11.3 Å². The van der Waals surface area contributed by atoms with Crippen molar-refractivity contribution < 1.29 is 14.3 Å². The van der Waals surface area contributed by atoms with Crippen molar-refractivity contribution in [2.45, 2.75) is 32.9 Å². The first-order chi connectivity index (χ1) is 11.4. The third kappa shape index (κ3) is 7.71. The summed E-state index contributed by atoms with van der Waals surface area (Å²) in [5, 5.41) is 9.01. The van der Waals surface area contributed by atoms with Gasteiger partial charge in [-0.25, -0.2) is 4.79 Å². The molecule has 0 bridgehead atoms. The average Bonchev–Trinajstić information content (AvgIpc) is 2.52. The number of carbonyl (C=O) groups is 1. The van der Waals surface area contributed by atoms with Gasteiger partial charge in [0, 0.05) is 32.2 Å². The summed E-state index contributed by atoms with van der Waals surface area (Å²) in [7, 11) is 3.34. The number of hydrogen-bond acceptors (Lipinski definition) is 4. The van der Waals surface area contributed by atoms with Crippen LogP contribution in [-0.2, 0) is 11.3 Å². The van der Waals surface area contributed by atoms with Crippen LogP contribution >= 0.6 is 0 Å². The molecular formula is C17H28N4O3. The summed E-state index contributed by atoms with van der Waals surface area (Å²) in [5.41, 5.74) is 0.541. The van der Waals surface area contributed by atoms with Crippen LogP contribution in [0.4, 0.5) is 4.79 Å². The molecule has 0 fully saturated rings. The molecule has 0 saturated carbocycles. The molecule has 0 aromatic heterocycles. The second-order valence-corrected chi connectivity index (χ2v) is 6.09. The van der Waals surface area contributed by atoms with Gasteiger partial charge in [0.25, 0.3) is 0 Å². The first-order valence-corrected chi connectivity index (χ1v) is 7.89. The lowest BCUT2D eigenvalue weighted by Gasteiger charge is -2.20. The zero-order valence-corrected chi connectivity index (χ0v) is 15.1. The van der Waals surface area contributed by atoms with Crippen LogP contribution in [0.15, 0.2) is 29.3 Å². The molecule has 0 aliphatic carbocycles. The van der Waals surface area contributed by atoms with E-state index in [1.54, 1.807) is 14.2 Å². The molecule has 1 rings (SSSR count). The van der Waals surface area contributed by atoms with Crippen molar-refractivity contribution in [2.24, 2.45) is 4.99 Å². The maximum Gasteiger partial charge on any atom is 0.407 e. The first kappa shape index (κ1) is 19.6. The Morgan fingerprint density at radius 2 is 1.79 bits per heavy atom. The number of benzene rings is 1. The second kappa shape index (κ2) is 9.64. The number of carbonyl (C=O) groups excluding carboxylic acids is 1. The SMILES string of the molecule is CN=C(NCCNC(=O)OC(C)(C)C)NCc1ccccc1OC.